The molecule has 124 valence electrons. The molecule has 1 fully saturated rings. The van der Waals surface area contributed by atoms with Crippen molar-refractivity contribution in [3.8, 4) is 0 Å². The first kappa shape index (κ1) is 17.3. The van der Waals surface area contributed by atoms with Gasteiger partial charge in [0, 0.05) is 13.1 Å². The fourth-order valence-electron chi connectivity index (χ4n) is 2.62. The van der Waals surface area contributed by atoms with E-state index in [4.69, 9.17) is 0 Å². The molecule has 23 heavy (non-hydrogen) atoms. The maximum Gasteiger partial charge on any atom is 0.311 e. The molecule has 9 heteroatoms. The van der Waals surface area contributed by atoms with Crippen LogP contribution in [0.2, 0.25) is 0 Å². The molecule has 0 aromatic heterocycles. The number of likely N-dealkylation sites (tertiary alicyclic amines) is 1. The number of rotatable bonds is 3. The van der Waals surface area contributed by atoms with Crippen LogP contribution in [0.1, 0.15) is 30.1 Å². The van der Waals surface area contributed by atoms with Gasteiger partial charge in [0.15, 0.2) is 0 Å². The number of amides is 1. The van der Waals surface area contributed by atoms with Crippen molar-refractivity contribution in [2.75, 3.05) is 13.1 Å². The number of carbonyl (C=O) groups is 2. The molecule has 1 aromatic rings. The highest BCUT2D eigenvalue weighted by Gasteiger charge is 2.40. The Labute approximate surface area is 139 Å². The fourth-order valence-corrected chi connectivity index (χ4v) is 3.16. The molecule has 0 aliphatic carbocycles. The molecule has 1 atom stereocenters. The summed E-state index contributed by atoms with van der Waals surface area (Å²) in [6.45, 7) is 1.83. The normalized spacial score (nSPS) is 21.1. The van der Waals surface area contributed by atoms with Gasteiger partial charge in [-0.25, -0.2) is 4.39 Å². The minimum Gasteiger partial charge on any atom is -0.481 e. The van der Waals surface area contributed by atoms with E-state index in [-0.39, 0.29) is 16.6 Å². The molecule has 0 radical (unpaired) electrons. The van der Waals surface area contributed by atoms with Crippen LogP contribution in [0.3, 0.4) is 0 Å². The van der Waals surface area contributed by atoms with Crippen molar-refractivity contribution < 1.29 is 24.0 Å². The number of piperidine rings is 1. The smallest absolute Gasteiger partial charge is 0.311 e. The van der Waals surface area contributed by atoms with Crippen LogP contribution in [0.25, 0.3) is 0 Å². The Hall–Kier alpha value is -2.03. The Morgan fingerprint density at radius 2 is 2.13 bits per heavy atom. The van der Waals surface area contributed by atoms with Gasteiger partial charge in [0.25, 0.3) is 11.6 Å². The topological polar surface area (TPSA) is 101 Å². The van der Waals surface area contributed by atoms with Gasteiger partial charge >= 0.3 is 5.97 Å². The highest BCUT2D eigenvalue weighted by Crippen LogP contribution is 2.34. The minimum absolute atomic E-state index is 0.0298. The number of aliphatic carboxylic acids is 1. The van der Waals surface area contributed by atoms with E-state index < -0.39 is 33.7 Å². The summed E-state index contributed by atoms with van der Waals surface area (Å²) in [5.74, 6) is -2.55. The van der Waals surface area contributed by atoms with E-state index in [0.29, 0.717) is 19.4 Å². The van der Waals surface area contributed by atoms with E-state index in [9.17, 15) is 29.2 Å². The zero-order chi connectivity index (χ0) is 17.4. The van der Waals surface area contributed by atoms with Gasteiger partial charge in [0.1, 0.15) is 10.3 Å². The Kier molecular flexibility index (Phi) is 4.69. The molecule has 0 saturated carbocycles. The molecule has 0 bridgehead atoms. The lowest BCUT2D eigenvalue weighted by molar-refractivity contribution is -0.385. The monoisotopic (exact) mass is 388 g/mol. The van der Waals surface area contributed by atoms with Gasteiger partial charge in [0.05, 0.1) is 22.0 Å². The number of carbonyl (C=O) groups excluding carboxylic acids is 1. The van der Waals surface area contributed by atoms with Crippen molar-refractivity contribution in [2.45, 2.75) is 19.8 Å². The van der Waals surface area contributed by atoms with Crippen LogP contribution in [0, 0.1) is 21.3 Å². The molecule has 1 N–H and O–H groups in total. The Morgan fingerprint density at radius 1 is 1.48 bits per heavy atom. The number of nitro groups is 1. The lowest BCUT2D eigenvalue weighted by Crippen LogP contribution is -2.48. The second-order valence-corrected chi connectivity index (χ2v) is 6.53. The third kappa shape index (κ3) is 3.34. The number of carboxylic acids is 1. The molecule has 1 unspecified atom stereocenters. The standard InChI is InChI=1S/C14H14BrFN2O5/c1-14(13(20)21)3-2-4-17(7-14)12(19)9-5-8(16)6-10(11(9)15)18(22)23/h5-6H,2-4,7H2,1H3,(H,20,21). The number of hydrogen-bond acceptors (Lipinski definition) is 4. The number of benzene rings is 1. The van der Waals surface area contributed by atoms with Crippen LogP contribution in [-0.2, 0) is 4.79 Å². The quantitative estimate of drug-likeness (QED) is 0.633. The van der Waals surface area contributed by atoms with E-state index in [2.05, 4.69) is 15.9 Å². The summed E-state index contributed by atoms with van der Waals surface area (Å²) in [6.07, 6.45) is 0.917. The number of nitrogens with zero attached hydrogens (tertiary/aromatic N) is 2. The van der Waals surface area contributed by atoms with Crippen LogP contribution in [0.5, 0.6) is 0 Å². The Morgan fingerprint density at radius 3 is 2.70 bits per heavy atom. The molecule has 2 rings (SSSR count). The molecule has 1 aliphatic rings. The summed E-state index contributed by atoms with van der Waals surface area (Å²) in [7, 11) is 0. The van der Waals surface area contributed by atoms with Crippen molar-refractivity contribution in [3.05, 3.63) is 38.1 Å². The zero-order valence-electron chi connectivity index (χ0n) is 12.2. The van der Waals surface area contributed by atoms with E-state index in [1.54, 1.807) is 0 Å². The van der Waals surface area contributed by atoms with Crippen molar-refractivity contribution in [1.82, 2.24) is 4.90 Å². The first-order chi connectivity index (χ1) is 10.7. The van der Waals surface area contributed by atoms with Gasteiger partial charge < -0.3 is 10.0 Å². The average molecular weight is 389 g/mol. The first-order valence-electron chi connectivity index (χ1n) is 6.82. The van der Waals surface area contributed by atoms with E-state index in [1.807, 2.05) is 0 Å². The lowest BCUT2D eigenvalue weighted by atomic mass is 9.82. The van der Waals surface area contributed by atoms with Crippen LogP contribution in [-0.4, -0.2) is 39.9 Å². The van der Waals surface area contributed by atoms with Crippen molar-refractivity contribution in [2.24, 2.45) is 5.41 Å². The number of halogens is 2. The van der Waals surface area contributed by atoms with Gasteiger partial charge in [-0.2, -0.15) is 0 Å². The third-order valence-corrected chi connectivity index (χ3v) is 4.78. The SMILES string of the molecule is CC1(C(=O)O)CCCN(C(=O)c2cc(F)cc([N+](=O)[O-])c2Br)C1. The molecular weight excluding hydrogens is 375 g/mol. The molecule has 1 amide bonds. The van der Waals surface area contributed by atoms with Crippen molar-refractivity contribution in [3.63, 3.8) is 0 Å². The maximum absolute atomic E-state index is 13.6. The molecular formula is C14H14BrFN2O5. The molecule has 7 nitrogen and oxygen atoms in total. The number of hydrogen-bond donors (Lipinski definition) is 1. The van der Waals surface area contributed by atoms with Gasteiger partial charge in [-0.05, 0) is 41.8 Å². The summed E-state index contributed by atoms with van der Waals surface area (Å²) < 4.78 is 13.5. The molecule has 1 saturated heterocycles. The number of nitro benzene ring substituents is 1. The molecule has 1 aromatic carbocycles. The lowest BCUT2D eigenvalue weighted by Gasteiger charge is -2.37. The predicted molar refractivity (Wildman–Crippen MR) is 81.6 cm³/mol. The summed E-state index contributed by atoms with van der Waals surface area (Å²) in [6, 6.07) is 1.63. The summed E-state index contributed by atoms with van der Waals surface area (Å²) in [5.41, 5.74) is -1.82. The van der Waals surface area contributed by atoms with Gasteiger partial charge in [0.2, 0.25) is 0 Å². The van der Waals surface area contributed by atoms with Crippen molar-refractivity contribution >= 4 is 33.5 Å². The summed E-state index contributed by atoms with van der Waals surface area (Å²) >= 11 is 2.97. The van der Waals surface area contributed by atoms with E-state index in [1.165, 1.54) is 11.8 Å². The second-order valence-electron chi connectivity index (χ2n) is 5.74. The zero-order valence-corrected chi connectivity index (χ0v) is 13.8. The van der Waals surface area contributed by atoms with E-state index in [0.717, 1.165) is 12.1 Å². The second kappa shape index (κ2) is 6.23. The van der Waals surface area contributed by atoms with Crippen LogP contribution < -0.4 is 0 Å². The molecule has 1 heterocycles. The van der Waals surface area contributed by atoms with E-state index >= 15 is 0 Å². The van der Waals surface area contributed by atoms with Crippen LogP contribution in [0.4, 0.5) is 10.1 Å². The Balaban J connectivity index is 2.37. The largest absolute Gasteiger partial charge is 0.481 e. The Bertz CT molecular complexity index is 696. The van der Waals surface area contributed by atoms with Crippen molar-refractivity contribution in [1.29, 1.82) is 0 Å². The van der Waals surface area contributed by atoms with Gasteiger partial charge in [-0.15, -0.1) is 0 Å². The summed E-state index contributed by atoms with van der Waals surface area (Å²) in [5, 5.41) is 20.2. The highest BCUT2D eigenvalue weighted by atomic mass is 79.9. The predicted octanol–water partition coefficient (Wildman–Crippen LogP) is 2.82. The third-order valence-electron chi connectivity index (χ3n) is 3.95. The number of carboxylic acid groups (broad SMARTS) is 1. The molecule has 1 aliphatic heterocycles. The highest BCUT2D eigenvalue weighted by molar-refractivity contribution is 9.10. The van der Waals surface area contributed by atoms with Crippen LogP contribution in [0.15, 0.2) is 16.6 Å². The minimum atomic E-state index is -1.08. The average Bonchev–Trinajstić information content (AvgIpc) is 2.48. The fraction of sp³-hybridized carbons (Fsp3) is 0.429. The van der Waals surface area contributed by atoms with Crippen LogP contribution >= 0.6 is 15.9 Å². The first-order valence-corrected chi connectivity index (χ1v) is 7.61. The van der Waals surface area contributed by atoms with Gasteiger partial charge in [-0.3, -0.25) is 19.7 Å². The maximum atomic E-state index is 13.6. The molecule has 0 spiro atoms. The van der Waals surface area contributed by atoms with Gasteiger partial charge in [-0.1, -0.05) is 0 Å². The summed E-state index contributed by atoms with van der Waals surface area (Å²) in [4.78, 5) is 35.3.